The monoisotopic (exact) mass is 348 g/mol. The number of carboxylic acids is 1. The molecule has 20 heavy (non-hydrogen) atoms. The second kappa shape index (κ2) is 7.18. The maximum atomic E-state index is 13.3. The largest absolute Gasteiger partial charge is 0.481 e. The molecule has 1 atom stereocenters. The predicted molar refractivity (Wildman–Crippen MR) is 75.3 cm³/mol. The number of carboxylic acid groups (broad SMARTS) is 1. The Morgan fingerprint density at radius 2 is 2.25 bits per heavy atom. The van der Waals surface area contributed by atoms with Crippen molar-refractivity contribution in [3.8, 4) is 0 Å². The zero-order valence-electron chi connectivity index (χ0n) is 10.7. The molecule has 0 aliphatic heterocycles. The van der Waals surface area contributed by atoms with Crippen LogP contribution in [0.2, 0.25) is 0 Å². The number of nitrogens with one attached hydrogen (secondary N) is 1. The molecule has 0 spiro atoms. The van der Waals surface area contributed by atoms with Crippen LogP contribution < -0.4 is 5.32 Å². The number of aliphatic carboxylic acids is 1. The van der Waals surface area contributed by atoms with Gasteiger partial charge in [-0.15, -0.1) is 0 Å². The van der Waals surface area contributed by atoms with Gasteiger partial charge in [-0.25, -0.2) is 4.39 Å². The van der Waals surface area contributed by atoms with Crippen LogP contribution in [0.1, 0.15) is 26.2 Å². The van der Waals surface area contributed by atoms with Crippen LogP contribution in [0.15, 0.2) is 16.6 Å². The Bertz CT molecular complexity index is 524. The fourth-order valence-corrected chi connectivity index (χ4v) is 2.15. The first-order chi connectivity index (χ1) is 9.35. The number of nitro benzene ring substituents is 1. The zero-order valence-corrected chi connectivity index (χ0v) is 12.3. The summed E-state index contributed by atoms with van der Waals surface area (Å²) >= 11 is 2.96. The molecule has 0 heterocycles. The number of hydrogen-bond donors (Lipinski definition) is 2. The lowest BCUT2D eigenvalue weighted by atomic mass is 10.1. The lowest BCUT2D eigenvalue weighted by Gasteiger charge is -2.17. The number of nitrogens with zero attached hydrogens (tertiary/aromatic N) is 1. The van der Waals surface area contributed by atoms with Crippen LogP contribution >= 0.6 is 15.9 Å². The second-order valence-corrected chi connectivity index (χ2v) is 5.12. The smallest absolute Gasteiger partial charge is 0.305 e. The topological polar surface area (TPSA) is 92.5 Å². The van der Waals surface area contributed by atoms with E-state index in [1.54, 1.807) is 0 Å². The molecule has 0 bridgehead atoms. The first-order valence-electron chi connectivity index (χ1n) is 5.96. The van der Waals surface area contributed by atoms with Crippen molar-refractivity contribution in [1.82, 2.24) is 0 Å². The average Bonchev–Trinajstić information content (AvgIpc) is 2.32. The van der Waals surface area contributed by atoms with Crippen molar-refractivity contribution in [2.24, 2.45) is 0 Å². The van der Waals surface area contributed by atoms with E-state index in [2.05, 4.69) is 21.2 Å². The molecular weight excluding hydrogens is 335 g/mol. The van der Waals surface area contributed by atoms with Crippen LogP contribution in [0.3, 0.4) is 0 Å². The van der Waals surface area contributed by atoms with E-state index >= 15 is 0 Å². The average molecular weight is 349 g/mol. The second-order valence-electron chi connectivity index (χ2n) is 4.27. The quantitative estimate of drug-likeness (QED) is 0.580. The molecule has 0 aromatic heterocycles. The maximum absolute atomic E-state index is 13.3. The summed E-state index contributed by atoms with van der Waals surface area (Å²) in [6, 6.07) is 1.60. The van der Waals surface area contributed by atoms with Crippen LogP contribution in [-0.4, -0.2) is 22.0 Å². The summed E-state index contributed by atoms with van der Waals surface area (Å²) in [7, 11) is 0. The minimum absolute atomic E-state index is 0.0798. The van der Waals surface area contributed by atoms with Crippen LogP contribution in [0.5, 0.6) is 0 Å². The molecule has 0 saturated heterocycles. The Morgan fingerprint density at radius 3 is 2.75 bits per heavy atom. The highest BCUT2D eigenvalue weighted by molar-refractivity contribution is 9.10. The van der Waals surface area contributed by atoms with Crippen molar-refractivity contribution < 1.29 is 19.2 Å². The van der Waals surface area contributed by atoms with Gasteiger partial charge in [-0.1, -0.05) is 13.3 Å². The van der Waals surface area contributed by atoms with Gasteiger partial charge in [-0.05, 0) is 28.4 Å². The molecular formula is C12H14BrFN2O4. The Hall–Kier alpha value is -1.70. The highest BCUT2D eigenvalue weighted by Gasteiger charge is 2.21. The number of carbonyl (C=O) groups is 1. The Labute approximate surface area is 123 Å². The number of rotatable bonds is 7. The Kier molecular flexibility index (Phi) is 5.87. The molecule has 0 radical (unpaired) electrons. The van der Waals surface area contributed by atoms with Gasteiger partial charge >= 0.3 is 5.97 Å². The third-order valence-corrected chi connectivity index (χ3v) is 3.26. The number of benzene rings is 1. The minimum atomic E-state index is -1.00. The third kappa shape index (κ3) is 4.44. The van der Waals surface area contributed by atoms with Gasteiger partial charge in [0.25, 0.3) is 5.69 Å². The van der Waals surface area contributed by atoms with Gasteiger partial charge in [0.05, 0.1) is 21.9 Å². The lowest BCUT2D eigenvalue weighted by Crippen LogP contribution is -2.23. The first-order valence-corrected chi connectivity index (χ1v) is 6.76. The first kappa shape index (κ1) is 16.4. The van der Waals surface area contributed by atoms with Crippen molar-refractivity contribution in [3.05, 3.63) is 32.5 Å². The number of halogens is 2. The molecule has 8 heteroatoms. The van der Waals surface area contributed by atoms with E-state index in [1.807, 2.05) is 6.92 Å². The summed E-state index contributed by atoms with van der Waals surface area (Å²) in [5, 5.41) is 22.5. The van der Waals surface area contributed by atoms with Crippen LogP contribution in [0.25, 0.3) is 0 Å². The Morgan fingerprint density at radius 1 is 1.60 bits per heavy atom. The van der Waals surface area contributed by atoms with Gasteiger partial charge in [-0.3, -0.25) is 14.9 Å². The van der Waals surface area contributed by atoms with Gasteiger partial charge in [0.1, 0.15) is 11.5 Å². The summed E-state index contributed by atoms with van der Waals surface area (Å²) in [5.74, 6) is -1.74. The maximum Gasteiger partial charge on any atom is 0.305 e. The molecule has 0 fully saturated rings. The van der Waals surface area contributed by atoms with Gasteiger partial charge in [0.2, 0.25) is 0 Å². The molecule has 110 valence electrons. The number of anilines is 1. The van der Waals surface area contributed by atoms with Crippen molar-refractivity contribution in [1.29, 1.82) is 0 Å². The van der Waals surface area contributed by atoms with E-state index in [1.165, 1.54) is 6.07 Å². The van der Waals surface area contributed by atoms with E-state index < -0.39 is 28.4 Å². The molecule has 0 aliphatic carbocycles. The summed E-state index contributed by atoms with van der Waals surface area (Å²) in [6.45, 7) is 1.88. The normalized spacial score (nSPS) is 11.9. The summed E-state index contributed by atoms with van der Waals surface area (Å²) in [6.07, 6.45) is 1.10. The molecule has 0 aliphatic rings. The molecule has 6 nitrogen and oxygen atoms in total. The number of hydrogen-bond acceptors (Lipinski definition) is 4. The van der Waals surface area contributed by atoms with Crippen molar-refractivity contribution in [3.63, 3.8) is 0 Å². The molecule has 0 amide bonds. The number of nitro groups is 1. The summed E-state index contributed by atoms with van der Waals surface area (Å²) < 4.78 is 13.4. The van der Waals surface area contributed by atoms with E-state index in [0.29, 0.717) is 6.42 Å². The van der Waals surface area contributed by atoms with Gasteiger partial charge < -0.3 is 10.4 Å². The molecule has 1 aromatic carbocycles. The molecule has 1 unspecified atom stereocenters. The highest BCUT2D eigenvalue weighted by atomic mass is 79.9. The molecule has 0 saturated carbocycles. The third-order valence-electron chi connectivity index (χ3n) is 2.65. The van der Waals surface area contributed by atoms with Crippen LogP contribution in [0, 0.1) is 15.9 Å². The van der Waals surface area contributed by atoms with Crippen molar-refractivity contribution >= 4 is 33.3 Å². The standard InChI is InChI=1S/C12H14BrFN2O4/c1-2-3-7(4-12(17)18)15-10-5-8(13)9(14)6-11(10)16(19)20/h5-7,15H,2-4H2,1H3,(H,17,18). The molecule has 1 rings (SSSR count). The summed E-state index contributed by atoms with van der Waals surface area (Å²) in [4.78, 5) is 21.0. The highest BCUT2D eigenvalue weighted by Crippen LogP contribution is 2.31. The van der Waals surface area contributed by atoms with E-state index in [4.69, 9.17) is 5.11 Å². The van der Waals surface area contributed by atoms with E-state index in [9.17, 15) is 19.3 Å². The van der Waals surface area contributed by atoms with Gasteiger partial charge in [-0.2, -0.15) is 0 Å². The fourth-order valence-electron chi connectivity index (χ4n) is 1.81. The molecule has 1 aromatic rings. The van der Waals surface area contributed by atoms with E-state index in [-0.39, 0.29) is 16.6 Å². The molecule has 2 N–H and O–H groups in total. The van der Waals surface area contributed by atoms with Gasteiger partial charge in [0, 0.05) is 6.04 Å². The van der Waals surface area contributed by atoms with Crippen molar-refractivity contribution in [2.75, 3.05) is 5.32 Å². The SMILES string of the molecule is CCCC(CC(=O)O)Nc1cc(Br)c(F)cc1[N+](=O)[O-]. The van der Waals surface area contributed by atoms with E-state index in [0.717, 1.165) is 12.5 Å². The predicted octanol–water partition coefficient (Wildman–Crippen LogP) is 3.55. The van der Waals surface area contributed by atoms with Gasteiger partial charge in [0.15, 0.2) is 0 Å². The fraction of sp³-hybridized carbons (Fsp3) is 0.417. The Balaban J connectivity index is 3.07. The van der Waals surface area contributed by atoms with Crippen molar-refractivity contribution in [2.45, 2.75) is 32.2 Å². The minimum Gasteiger partial charge on any atom is -0.481 e. The lowest BCUT2D eigenvalue weighted by molar-refractivity contribution is -0.384. The zero-order chi connectivity index (χ0) is 15.3. The summed E-state index contributed by atoms with van der Waals surface area (Å²) in [5.41, 5.74) is -0.319. The van der Waals surface area contributed by atoms with Crippen LogP contribution in [0.4, 0.5) is 15.8 Å². The van der Waals surface area contributed by atoms with Crippen LogP contribution in [-0.2, 0) is 4.79 Å².